The van der Waals surface area contributed by atoms with Gasteiger partial charge in [0.2, 0.25) is 6.08 Å². The summed E-state index contributed by atoms with van der Waals surface area (Å²) >= 11 is 0. The molecule has 1 rings (SSSR count). The van der Waals surface area contributed by atoms with E-state index in [9.17, 15) is 4.79 Å². The lowest BCUT2D eigenvalue weighted by Crippen LogP contribution is -1.76. The third kappa shape index (κ3) is 3.37. The second-order valence-electron chi connectivity index (χ2n) is 2.41. The Labute approximate surface area is 86.1 Å². The van der Waals surface area contributed by atoms with Crippen molar-refractivity contribution in [2.45, 2.75) is 0 Å². The number of para-hydroxylation sites is 1. The fourth-order valence-corrected chi connectivity index (χ4v) is 0.928. The molecule has 0 atom stereocenters. The van der Waals surface area contributed by atoms with Gasteiger partial charge in [0.1, 0.15) is 0 Å². The second kappa shape index (κ2) is 6.01. The largest absolute Gasteiger partial charge is 0.240 e. The number of azide groups is 1. The van der Waals surface area contributed by atoms with Gasteiger partial charge < -0.3 is 0 Å². The van der Waals surface area contributed by atoms with Crippen molar-refractivity contribution in [2.75, 3.05) is 6.54 Å². The molecule has 5 heteroatoms. The normalized spacial score (nSPS) is 7.73. The summed E-state index contributed by atoms with van der Waals surface area (Å²) < 4.78 is 0. The lowest BCUT2D eigenvalue weighted by molar-refractivity contribution is 0.565. The van der Waals surface area contributed by atoms with Crippen LogP contribution in [-0.2, 0) is 4.79 Å². The van der Waals surface area contributed by atoms with E-state index in [0.717, 1.165) is 0 Å². The van der Waals surface area contributed by atoms with E-state index in [4.69, 9.17) is 5.53 Å². The van der Waals surface area contributed by atoms with Crippen LogP contribution >= 0.6 is 0 Å². The smallest absolute Gasteiger partial charge is 0.211 e. The summed E-state index contributed by atoms with van der Waals surface area (Å²) in [5.41, 5.74) is 9.09. The number of isocyanates is 1. The van der Waals surface area contributed by atoms with Gasteiger partial charge in [0.05, 0.1) is 17.8 Å². The first-order chi connectivity index (χ1) is 7.38. The van der Waals surface area contributed by atoms with Crippen LogP contribution in [0.3, 0.4) is 0 Å². The molecule has 0 aromatic heterocycles. The Morgan fingerprint density at radius 3 is 2.93 bits per heavy atom. The molecule has 0 spiro atoms. The molecule has 0 unspecified atom stereocenters. The maximum absolute atomic E-state index is 10.1. The topological polar surface area (TPSA) is 78.2 Å². The van der Waals surface area contributed by atoms with Gasteiger partial charge in [-0.3, -0.25) is 0 Å². The lowest BCUT2D eigenvalue weighted by Gasteiger charge is -1.93. The number of carbonyl (C=O) groups excluding carboxylic acids is 1. The molecule has 0 aliphatic heterocycles. The summed E-state index contributed by atoms with van der Waals surface area (Å²) in [6.45, 7) is 0.0929. The predicted molar refractivity (Wildman–Crippen MR) is 55.1 cm³/mol. The quantitative estimate of drug-likeness (QED) is 0.179. The van der Waals surface area contributed by atoms with E-state index in [-0.39, 0.29) is 6.54 Å². The van der Waals surface area contributed by atoms with Gasteiger partial charge >= 0.3 is 0 Å². The zero-order valence-corrected chi connectivity index (χ0v) is 7.71. The van der Waals surface area contributed by atoms with Gasteiger partial charge in [0.15, 0.2) is 0 Å². The van der Waals surface area contributed by atoms with Crippen molar-refractivity contribution in [3.8, 4) is 11.8 Å². The van der Waals surface area contributed by atoms with Crippen LogP contribution in [0.1, 0.15) is 5.56 Å². The predicted octanol–water partition coefficient (Wildman–Crippen LogP) is 2.32. The summed E-state index contributed by atoms with van der Waals surface area (Å²) in [6, 6.07) is 6.90. The fraction of sp³-hybridized carbons (Fsp3) is 0.100. The van der Waals surface area contributed by atoms with Gasteiger partial charge in [-0.25, -0.2) is 4.79 Å². The van der Waals surface area contributed by atoms with Crippen LogP contribution in [0, 0.1) is 11.8 Å². The molecule has 5 nitrogen and oxygen atoms in total. The van der Waals surface area contributed by atoms with Crippen molar-refractivity contribution >= 4 is 11.8 Å². The first-order valence-corrected chi connectivity index (χ1v) is 4.05. The molecule has 0 heterocycles. The Balaban J connectivity index is 2.96. The standard InChI is InChI=1S/C10H6N4O/c11-14-13-7-3-5-9-4-1-2-6-10(9)12-8-15/h1-2,4,6H,7H2. The van der Waals surface area contributed by atoms with Crippen molar-refractivity contribution in [3.05, 3.63) is 40.3 Å². The third-order valence-corrected chi connectivity index (χ3v) is 1.51. The molecule has 0 aliphatic carbocycles. The van der Waals surface area contributed by atoms with Crippen molar-refractivity contribution in [1.82, 2.24) is 0 Å². The zero-order chi connectivity index (χ0) is 10.9. The Kier molecular flexibility index (Phi) is 4.22. The molecule has 0 fully saturated rings. The van der Waals surface area contributed by atoms with E-state index in [0.29, 0.717) is 11.3 Å². The van der Waals surface area contributed by atoms with Crippen LogP contribution in [0.2, 0.25) is 0 Å². The highest BCUT2D eigenvalue weighted by Gasteiger charge is 1.94. The summed E-state index contributed by atoms with van der Waals surface area (Å²) in [6.07, 6.45) is 1.45. The number of aliphatic imine (C=N–C) groups is 1. The van der Waals surface area contributed by atoms with Gasteiger partial charge in [0.25, 0.3) is 0 Å². The van der Waals surface area contributed by atoms with Gasteiger partial charge in [-0.2, -0.15) is 4.99 Å². The van der Waals surface area contributed by atoms with Gasteiger partial charge in [-0.1, -0.05) is 29.1 Å². The first kappa shape index (κ1) is 10.6. The monoisotopic (exact) mass is 198 g/mol. The second-order valence-corrected chi connectivity index (χ2v) is 2.41. The molecular formula is C10H6N4O. The molecular weight excluding hydrogens is 192 g/mol. The van der Waals surface area contributed by atoms with E-state index in [1.54, 1.807) is 24.3 Å². The number of rotatable bonds is 2. The first-order valence-electron chi connectivity index (χ1n) is 4.05. The molecule has 0 N–H and O–H groups in total. The molecule has 0 aliphatic rings. The van der Waals surface area contributed by atoms with Crippen LogP contribution in [-0.4, -0.2) is 12.6 Å². The highest BCUT2D eigenvalue weighted by Crippen LogP contribution is 2.16. The van der Waals surface area contributed by atoms with Crippen LogP contribution in [0.15, 0.2) is 34.4 Å². The van der Waals surface area contributed by atoms with Crippen molar-refractivity contribution in [1.29, 1.82) is 0 Å². The molecule has 0 saturated carbocycles. The SMILES string of the molecule is [N-]=[N+]=NCC#Cc1ccccc1N=C=O. The minimum absolute atomic E-state index is 0.0929. The average Bonchev–Trinajstić information content (AvgIpc) is 2.27. The van der Waals surface area contributed by atoms with Crippen LogP contribution in [0.4, 0.5) is 5.69 Å². The van der Waals surface area contributed by atoms with Crippen LogP contribution in [0.5, 0.6) is 0 Å². The summed E-state index contributed by atoms with van der Waals surface area (Å²) in [5, 5.41) is 3.26. The van der Waals surface area contributed by atoms with E-state index in [1.807, 2.05) is 0 Å². The van der Waals surface area contributed by atoms with Gasteiger partial charge in [-0.05, 0) is 17.7 Å². The maximum atomic E-state index is 10.1. The Bertz CT molecular complexity index is 500. The Morgan fingerprint density at radius 1 is 1.40 bits per heavy atom. The average molecular weight is 198 g/mol. The fourth-order valence-electron chi connectivity index (χ4n) is 0.928. The third-order valence-electron chi connectivity index (χ3n) is 1.51. The highest BCUT2D eigenvalue weighted by molar-refractivity contribution is 5.59. The summed E-state index contributed by atoms with van der Waals surface area (Å²) in [4.78, 5) is 16.2. The number of benzene rings is 1. The number of hydrogen-bond acceptors (Lipinski definition) is 3. The van der Waals surface area contributed by atoms with E-state index < -0.39 is 0 Å². The minimum Gasteiger partial charge on any atom is -0.211 e. The van der Waals surface area contributed by atoms with E-state index in [1.165, 1.54) is 6.08 Å². The molecule has 1 aromatic rings. The molecule has 15 heavy (non-hydrogen) atoms. The molecule has 1 aromatic carbocycles. The Morgan fingerprint density at radius 2 is 2.20 bits per heavy atom. The molecule has 0 bridgehead atoms. The van der Waals surface area contributed by atoms with Crippen molar-refractivity contribution < 1.29 is 4.79 Å². The molecule has 0 radical (unpaired) electrons. The van der Waals surface area contributed by atoms with Crippen molar-refractivity contribution in [2.24, 2.45) is 10.1 Å². The van der Waals surface area contributed by atoms with Crippen LogP contribution in [0.25, 0.3) is 10.4 Å². The number of nitrogens with zero attached hydrogens (tertiary/aromatic N) is 4. The Hall–Kier alpha value is -2.53. The van der Waals surface area contributed by atoms with E-state index >= 15 is 0 Å². The molecule has 0 saturated heterocycles. The molecule has 0 amide bonds. The molecule has 72 valence electrons. The summed E-state index contributed by atoms with van der Waals surface area (Å²) in [5.74, 6) is 5.39. The minimum atomic E-state index is 0.0929. The van der Waals surface area contributed by atoms with Crippen molar-refractivity contribution in [3.63, 3.8) is 0 Å². The van der Waals surface area contributed by atoms with Gasteiger partial charge in [-0.15, -0.1) is 0 Å². The van der Waals surface area contributed by atoms with E-state index in [2.05, 4.69) is 26.9 Å². The van der Waals surface area contributed by atoms with Crippen LogP contribution < -0.4 is 0 Å². The highest BCUT2D eigenvalue weighted by atomic mass is 16.1. The lowest BCUT2D eigenvalue weighted by atomic mass is 10.2. The maximum Gasteiger partial charge on any atom is 0.240 e. The zero-order valence-electron chi connectivity index (χ0n) is 7.71. The number of hydrogen-bond donors (Lipinski definition) is 0. The van der Waals surface area contributed by atoms with Gasteiger partial charge in [0, 0.05) is 4.91 Å². The summed E-state index contributed by atoms with van der Waals surface area (Å²) in [7, 11) is 0.